The van der Waals surface area contributed by atoms with Gasteiger partial charge in [0.25, 0.3) is 0 Å². The predicted octanol–water partition coefficient (Wildman–Crippen LogP) is 4.40. The quantitative estimate of drug-likeness (QED) is 0.395. The van der Waals surface area contributed by atoms with E-state index in [1.807, 2.05) is 31.2 Å². The van der Waals surface area contributed by atoms with Crippen molar-refractivity contribution in [2.75, 3.05) is 0 Å². The number of H-pyrrole nitrogens is 1. The molecule has 0 spiro atoms. The van der Waals surface area contributed by atoms with Crippen LogP contribution in [0.15, 0.2) is 54.6 Å². The molecule has 2 aromatic carbocycles. The van der Waals surface area contributed by atoms with Crippen LogP contribution in [0.2, 0.25) is 0 Å². The van der Waals surface area contributed by atoms with Gasteiger partial charge in [0.05, 0.1) is 6.54 Å². The number of pyridine rings is 1. The number of hydrogen-bond donors (Lipinski definition) is 1. The maximum Gasteiger partial charge on any atom is 0.205 e. The summed E-state index contributed by atoms with van der Waals surface area (Å²) in [4.78, 5) is 21.4. The number of nitrogens with zero attached hydrogens (tertiary/aromatic N) is 6. The summed E-state index contributed by atoms with van der Waals surface area (Å²) in [7, 11) is 0. The number of hydrogen-bond acceptors (Lipinski definition) is 6. The van der Waals surface area contributed by atoms with Crippen LogP contribution in [0.4, 0.5) is 0 Å². The molecule has 0 radical (unpaired) electrons. The maximum absolute atomic E-state index is 12.0. The van der Waals surface area contributed by atoms with Crippen molar-refractivity contribution in [3.05, 3.63) is 77.2 Å². The van der Waals surface area contributed by atoms with Gasteiger partial charge in [-0.1, -0.05) is 55.5 Å². The molecule has 164 valence electrons. The van der Waals surface area contributed by atoms with Gasteiger partial charge >= 0.3 is 0 Å². The third-order valence-corrected chi connectivity index (χ3v) is 5.77. The van der Waals surface area contributed by atoms with Crippen LogP contribution in [0, 0.1) is 6.92 Å². The van der Waals surface area contributed by atoms with Crippen molar-refractivity contribution in [1.82, 2.24) is 35.2 Å². The van der Waals surface area contributed by atoms with E-state index in [1.54, 1.807) is 6.92 Å². The summed E-state index contributed by atoms with van der Waals surface area (Å²) in [6, 6.07) is 18.2. The minimum Gasteiger partial charge on any atom is -0.308 e. The molecule has 1 N–H and O–H groups in total. The Morgan fingerprint density at radius 1 is 1.03 bits per heavy atom. The average molecular weight is 438 g/mol. The number of nitrogens with one attached hydrogen (secondary N) is 1. The summed E-state index contributed by atoms with van der Waals surface area (Å²) in [5.41, 5.74) is 7.19. The van der Waals surface area contributed by atoms with Gasteiger partial charge < -0.3 is 4.57 Å². The first-order valence-corrected chi connectivity index (χ1v) is 10.8. The van der Waals surface area contributed by atoms with Crippen molar-refractivity contribution in [2.45, 2.75) is 33.7 Å². The fourth-order valence-electron chi connectivity index (χ4n) is 4.08. The molecule has 5 rings (SSSR count). The van der Waals surface area contributed by atoms with E-state index in [2.05, 4.69) is 67.4 Å². The molecule has 5 aromatic rings. The molecule has 0 unspecified atom stereocenters. The highest BCUT2D eigenvalue weighted by atomic mass is 16.1. The number of aromatic amines is 1. The van der Waals surface area contributed by atoms with Gasteiger partial charge in [-0.15, -0.1) is 10.2 Å². The second-order valence-electron chi connectivity index (χ2n) is 8.00. The molecule has 8 nitrogen and oxygen atoms in total. The topological polar surface area (TPSA) is 102 Å². The van der Waals surface area contributed by atoms with Crippen molar-refractivity contribution in [1.29, 1.82) is 0 Å². The molecule has 0 atom stereocenters. The number of carbonyl (C=O) groups is 1. The van der Waals surface area contributed by atoms with Crippen LogP contribution in [0.3, 0.4) is 0 Å². The second-order valence-corrected chi connectivity index (χ2v) is 8.00. The largest absolute Gasteiger partial charge is 0.308 e. The number of aryl methyl sites for hydroxylation is 2. The molecular weight excluding hydrogens is 414 g/mol. The van der Waals surface area contributed by atoms with E-state index in [4.69, 9.17) is 4.98 Å². The van der Waals surface area contributed by atoms with Crippen LogP contribution in [-0.2, 0) is 13.0 Å². The Labute approximate surface area is 190 Å². The Hall–Kier alpha value is -4.20. The monoisotopic (exact) mass is 437 g/mol. The first-order chi connectivity index (χ1) is 16.0. The normalized spacial score (nSPS) is 11.2. The lowest BCUT2D eigenvalue weighted by atomic mass is 9.98. The first-order valence-electron chi connectivity index (χ1n) is 10.8. The Balaban J connectivity index is 1.52. The maximum atomic E-state index is 12.0. The Bertz CT molecular complexity index is 1450. The van der Waals surface area contributed by atoms with Crippen LogP contribution in [0.1, 0.15) is 41.3 Å². The van der Waals surface area contributed by atoms with Crippen LogP contribution in [-0.4, -0.2) is 40.9 Å². The summed E-state index contributed by atoms with van der Waals surface area (Å²) in [5.74, 6) is 1.47. The number of fused-ring (bicyclic) bond motifs is 1. The molecule has 3 heterocycles. The van der Waals surface area contributed by atoms with Crippen LogP contribution in [0.25, 0.3) is 33.7 Å². The smallest absolute Gasteiger partial charge is 0.205 e. The lowest BCUT2D eigenvalue weighted by molar-refractivity contribution is 0.101. The summed E-state index contributed by atoms with van der Waals surface area (Å²) < 4.78 is 2.11. The standard InChI is InChI=1S/C25H23N7O/c1-4-22-27-23-15(2)13-21(16(3)33)26-25(23)32(22)14-17-9-11-18(12-10-17)19-7-5-6-8-20(19)24-28-30-31-29-24/h5-13H,4,14H2,1-3H3,(H,28,29,30,31). The van der Waals surface area contributed by atoms with E-state index in [0.717, 1.165) is 51.2 Å². The lowest BCUT2D eigenvalue weighted by Gasteiger charge is -2.11. The molecule has 8 heteroatoms. The molecule has 3 aromatic heterocycles. The Morgan fingerprint density at radius 3 is 2.45 bits per heavy atom. The fourth-order valence-corrected chi connectivity index (χ4v) is 4.08. The van der Waals surface area contributed by atoms with Crippen molar-refractivity contribution in [3.63, 3.8) is 0 Å². The van der Waals surface area contributed by atoms with E-state index in [-0.39, 0.29) is 5.78 Å². The fraction of sp³-hybridized carbons (Fsp3) is 0.200. The first kappa shape index (κ1) is 20.7. The van der Waals surface area contributed by atoms with Crippen molar-refractivity contribution < 1.29 is 4.79 Å². The molecule has 0 amide bonds. The third-order valence-electron chi connectivity index (χ3n) is 5.77. The van der Waals surface area contributed by atoms with Crippen molar-refractivity contribution >= 4 is 16.9 Å². The van der Waals surface area contributed by atoms with Gasteiger partial charge in [0.15, 0.2) is 11.4 Å². The van der Waals surface area contributed by atoms with Crippen LogP contribution in [0.5, 0.6) is 0 Å². The minimum atomic E-state index is -0.0459. The molecule has 0 aliphatic heterocycles. The molecule has 0 aliphatic rings. The molecule has 0 saturated carbocycles. The van der Waals surface area contributed by atoms with E-state index in [1.165, 1.54) is 0 Å². The van der Waals surface area contributed by atoms with E-state index >= 15 is 0 Å². The van der Waals surface area contributed by atoms with Gasteiger partial charge in [0, 0.05) is 18.9 Å². The molecule has 0 saturated heterocycles. The number of carbonyl (C=O) groups excluding carboxylic acids is 1. The second kappa shape index (κ2) is 8.38. The number of tetrazole rings is 1. The summed E-state index contributed by atoms with van der Waals surface area (Å²) in [6.07, 6.45) is 0.779. The lowest BCUT2D eigenvalue weighted by Crippen LogP contribution is -2.07. The number of imidazole rings is 1. The summed E-state index contributed by atoms with van der Waals surface area (Å²) in [5, 5.41) is 14.4. The number of benzene rings is 2. The van der Waals surface area contributed by atoms with Crippen LogP contribution >= 0.6 is 0 Å². The van der Waals surface area contributed by atoms with Gasteiger partial charge in [-0.2, -0.15) is 5.21 Å². The highest BCUT2D eigenvalue weighted by Crippen LogP contribution is 2.30. The molecule has 33 heavy (non-hydrogen) atoms. The SMILES string of the molecule is CCc1nc2c(C)cc(C(C)=O)nc2n1Cc1ccc(-c2ccccc2-c2nn[nH]n2)cc1. The van der Waals surface area contributed by atoms with Crippen molar-refractivity contribution in [3.8, 4) is 22.5 Å². The zero-order valence-corrected chi connectivity index (χ0v) is 18.7. The van der Waals surface area contributed by atoms with E-state index < -0.39 is 0 Å². The zero-order valence-electron chi connectivity index (χ0n) is 18.7. The van der Waals surface area contributed by atoms with Gasteiger partial charge in [-0.05, 0) is 40.5 Å². The predicted molar refractivity (Wildman–Crippen MR) is 126 cm³/mol. The minimum absolute atomic E-state index is 0.0459. The average Bonchev–Trinajstić information content (AvgIpc) is 3.48. The Kier molecular flexibility index (Phi) is 5.26. The number of aromatic nitrogens is 7. The van der Waals surface area contributed by atoms with Crippen LogP contribution < -0.4 is 0 Å². The van der Waals surface area contributed by atoms with Gasteiger partial charge in [0.2, 0.25) is 5.82 Å². The van der Waals surface area contributed by atoms with Crippen molar-refractivity contribution in [2.24, 2.45) is 0 Å². The zero-order chi connectivity index (χ0) is 22.9. The third kappa shape index (κ3) is 3.80. The Morgan fingerprint density at radius 2 is 1.79 bits per heavy atom. The number of Topliss-reactive ketones (excluding diaryl/α,β-unsaturated/α-hetero) is 1. The highest BCUT2D eigenvalue weighted by Gasteiger charge is 2.16. The molecule has 0 bridgehead atoms. The number of rotatable bonds is 6. The van der Waals surface area contributed by atoms with Gasteiger partial charge in [0.1, 0.15) is 17.0 Å². The highest BCUT2D eigenvalue weighted by molar-refractivity contribution is 5.94. The summed E-state index contributed by atoms with van der Waals surface area (Å²) in [6.45, 7) is 6.22. The number of ketones is 1. The van der Waals surface area contributed by atoms with E-state index in [0.29, 0.717) is 18.1 Å². The molecule has 0 fully saturated rings. The summed E-state index contributed by atoms with van der Waals surface area (Å²) >= 11 is 0. The molecule has 0 aliphatic carbocycles. The molecular formula is C25H23N7O. The van der Waals surface area contributed by atoms with Gasteiger partial charge in [-0.25, -0.2) is 9.97 Å². The van der Waals surface area contributed by atoms with Gasteiger partial charge in [-0.3, -0.25) is 4.79 Å². The van der Waals surface area contributed by atoms with E-state index in [9.17, 15) is 4.79 Å².